The van der Waals surface area contributed by atoms with Crippen LogP contribution < -0.4 is 9.47 Å². The lowest BCUT2D eigenvalue weighted by Crippen LogP contribution is -2.55. The second-order valence-electron chi connectivity index (χ2n) is 19.8. The molecule has 0 aromatic heterocycles. The number of carbonyl (C=O) groups excluding carboxylic acids is 4. The van der Waals surface area contributed by atoms with Gasteiger partial charge in [-0.15, -0.1) is 0 Å². The Kier molecular flexibility index (Phi) is 11.4. The van der Waals surface area contributed by atoms with Gasteiger partial charge in [0.15, 0.2) is 0 Å². The molecule has 4 aliphatic carbocycles. The van der Waals surface area contributed by atoms with Gasteiger partial charge in [0.1, 0.15) is 23.0 Å². The SMILES string of the molecule is CC.CCCCC(C)C1CCC2C3CCC4CC(c5ccc(Oc6ccc7c(c6)C(=O)OC7=O)cc5)(c5ccc(Oc6ccc7c(c6)C(=O)OC7=O)cc5)CCC4(C)C3CCC12C. The molecule has 8 atom stereocenters. The van der Waals surface area contributed by atoms with E-state index in [-0.39, 0.29) is 33.1 Å². The van der Waals surface area contributed by atoms with Gasteiger partial charge < -0.3 is 18.9 Å². The van der Waals surface area contributed by atoms with Gasteiger partial charge in [0.25, 0.3) is 0 Å². The van der Waals surface area contributed by atoms with E-state index >= 15 is 0 Å². The first-order valence-corrected chi connectivity index (χ1v) is 23.8. The highest BCUT2D eigenvalue weighted by molar-refractivity contribution is 6.15. The summed E-state index contributed by atoms with van der Waals surface area (Å²) >= 11 is 0. The molecule has 2 heterocycles. The minimum absolute atomic E-state index is 0.219. The monoisotopic (exact) mass is 850 g/mol. The van der Waals surface area contributed by atoms with Gasteiger partial charge in [-0.2, -0.15) is 0 Å². The summed E-state index contributed by atoms with van der Waals surface area (Å²) in [6.45, 7) is 14.2. The number of hydrogen-bond acceptors (Lipinski definition) is 8. The molecule has 0 radical (unpaired) electrons. The number of benzene rings is 4. The molecular weight excluding hydrogens is 789 g/mol. The molecule has 8 nitrogen and oxygen atoms in total. The van der Waals surface area contributed by atoms with Gasteiger partial charge in [0.2, 0.25) is 0 Å². The van der Waals surface area contributed by atoms with Gasteiger partial charge in [-0.1, -0.05) is 85.1 Å². The maximum absolute atomic E-state index is 12.2. The van der Waals surface area contributed by atoms with Gasteiger partial charge in [0.05, 0.1) is 22.3 Å². The molecule has 4 aromatic rings. The van der Waals surface area contributed by atoms with Crippen LogP contribution in [0.15, 0.2) is 84.9 Å². The Labute approximate surface area is 372 Å². The average molecular weight is 851 g/mol. The van der Waals surface area contributed by atoms with E-state index in [0.717, 1.165) is 42.4 Å². The summed E-state index contributed by atoms with van der Waals surface area (Å²) in [7, 11) is 0. The molecule has 8 heteroatoms. The van der Waals surface area contributed by atoms with Crippen molar-refractivity contribution in [3.05, 3.63) is 118 Å². The van der Waals surface area contributed by atoms with E-state index < -0.39 is 23.9 Å². The quantitative estimate of drug-likeness (QED) is 0.115. The molecule has 8 unspecified atom stereocenters. The standard InChI is InChI=1S/C53H56O8.C2H6/c1-5-6-7-31(2)44-22-23-45-41-19-12-34-30-53(27-26-51(34,3)46(41)24-25-52(44,45)4,32-8-13-35(14-9-32)58-37-17-20-39-42(28-37)49(56)60-47(39)54)33-10-15-36(16-11-33)59-38-18-21-40-43(29-38)50(57)61-48(40)55;1-2/h8-11,13-18,20-21,28-29,31,34,41,44-46H,5-7,12,19,22-27,30H2,1-4H3;1-2H3. The van der Waals surface area contributed by atoms with Crippen LogP contribution in [0, 0.1) is 46.3 Å². The maximum atomic E-state index is 12.2. The van der Waals surface area contributed by atoms with Gasteiger partial charge in [-0.3, -0.25) is 0 Å². The molecule has 0 saturated heterocycles. The van der Waals surface area contributed by atoms with E-state index in [2.05, 4.69) is 52.0 Å². The molecule has 330 valence electrons. The predicted molar refractivity (Wildman–Crippen MR) is 241 cm³/mol. The minimum Gasteiger partial charge on any atom is -0.457 e. The number of esters is 4. The number of cyclic esters (lactones) is 4. The third kappa shape index (κ3) is 7.29. The Hall–Kier alpha value is -5.24. The highest BCUT2D eigenvalue weighted by Gasteiger charge is 2.62. The van der Waals surface area contributed by atoms with Crippen molar-refractivity contribution >= 4 is 23.9 Å². The fourth-order valence-electron chi connectivity index (χ4n) is 13.9. The first-order chi connectivity index (χ1) is 30.4. The highest BCUT2D eigenvalue weighted by atomic mass is 16.6. The lowest BCUT2D eigenvalue weighted by molar-refractivity contribution is -0.122. The fourth-order valence-corrected chi connectivity index (χ4v) is 13.9. The molecule has 4 fully saturated rings. The predicted octanol–water partition coefficient (Wildman–Crippen LogP) is 13.7. The van der Waals surface area contributed by atoms with Crippen LogP contribution in [-0.2, 0) is 14.9 Å². The van der Waals surface area contributed by atoms with Gasteiger partial charge >= 0.3 is 23.9 Å². The van der Waals surface area contributed by atoms with E-state index in [1.165, 1.54) is 75.3 Å². The summed E-state index contributed by atoms with van der Waals surface area (Å²) in [6, 6.07) is 26.5. The van der Waals surface area contributed by atoms with Crippen LogP contribution in [0.4, 0.5) is 0 Å². The Morgan fingerprint density at radius 1 is 0.587 bits per heavy atom. The number of unbranched alkanes of at least 4 members (excludes halogenated alkanes) is 1. The first kappa shape index (κ1) is 43.0. The second kappa shape index (κ2) is 16.7. The van der Waals surface area contributed by atoms with Crippen LogP contribution in [0.25, 0.3) is 0 Å². The van der Waals surface area contributed by atoms with Gasteiger partial charge in [-0.05, 0) is 176 Å². The van der Waals surface area contributed by atoms with Gasteiger partial charge in [0, 0.05) is 5.41 Å². The molecular formula is C55H62O8. The van der Waals surface area contributed by atoms with E-state index in [4.69, 9.17) is 18.9 Å². The summed E-state index contributed by atoms with van der Waals surface area (Å²) < 4.78 is 22.1. The van der Waals surface area contributed by atoms with Crippen LogP contribution in [0.5, 0.6) is 23.0 Å². The van der Waals surface area contributed by atoms with Crippen LogP contribution in [0.1, 0.15) is 171 Å². The smallest absolute Gasteiger partial charge is 0.347 e. The van der Waals surface area contributed by atoms with Crippen molar-refractivity contribution in [2.24, 2.45) is 46.3 Å². The third-order valence-electron chi connectivity index (χ3n) is 17.0. The van der Waals surface area contributed by atoms with E-state index in [1.807, 2.05) is 38.1 Å². The lowest BCUT2D eigenvalue weighted by atomic mass is 9.42. The normalized spacial score (nSPS) is 29.1. The zero-order valence-corrected chi connectivity index (χ0v) is 37.8. The van der Waals surface area contributed by atoms with Crippen molar-refractivity contribution in [2.45, 2.75) is 124 Å². The Balaban J connectivity index is 0.00000249. The molecule has 63 heavy (non-hydrogen) atoms. The number of carbonyl (C=O) groups is 4. The molecule has 0 spiro atoms. The van der Waals surface area contributed by atoms with Crippen molar-refractivity contribution in [2.75, 3.05) is 0 Å². The first-order valence-electron chi connectivity index (χ1n) is 23.8. The van der Waals surface area contributed by atoms with Crippen LogP contribution >= 0.6 is 0 Å². The summed E-state index contributed by atoms with van der Waals surface area (Å²) in [5.74, 6) is 4.34. The van der Waals surface area contributed by atoms with Crippen LogP contribution in [0.3, 0.4) is 0 Å². The molecule has 0 bridgehead atoms. The molecule has 10 rings (SSSR count). The summed E-state index contributed by atoms with van der Waals surface area (Å²) in [4.78, 5) is 48.5. The van der Waals surface area contributed by atoms with E-state index in [9.17, 15) is 19.2 Å². The molecule has 0 N–H and O–H groups in total. The topological polar surface area (TPSA) is 105 Å². The Morgan fingerprint density at radius 2 is 1.10 bits per heavy atom. The van der Waals surface area contributed by atoms with Crippen molar-refractivity contribution in [1.29, 1.82) is 0 Å². The summed E-state index contributed by atoms with van der Waals surface area (Å²) in [5.41, 5.74) is 3.97. The summed E-state index contributed by atoms with van der Waals surface area (Å²) in [5, 5.41) is 0. The Morgan fingerprint density at radius 3 is 1.63 bits per heavy atom. The lowest BCUT2D eigenvalue weighted by Gasteiger charge is -2.63. The van der Waals surface area contributed by atoms with Crippen molar-refractivity contribution in [3.63, 3.8) is 0 Å². The molecule has 4 aromatic carbocycles. The van der Waals surface area contributed by atoms with Gasteiger partial charge in [-0.25, -0.2) is 19.2 Å². The van der Waals surface area contributed by atoms with Crippen molar-refractivity contribution < 1.29 is 38.1 Å². The Bertz CT molecular complexity index is 2290. The molecule has 4 saturated carbocycles. The average Bonchev–Trinajstić information content (AvgIpc) is 3.90. The largest absolute Gasteiger partial charge is 0.457 e. The van der Waals surface area contributed by atoms with E-state index in [0.29, 0.717) is 34.3 Å². The zero-order valence-electron chi connectivity index (χ0n) is 37.8. The second-order valence-corrected chi connectivity index (χ2v) is 19.8. The zero-order chi connectivity index (χ0) is 44.3. The molecule has 6 aliphatic rings. The minimum atomic E-state index is -0.655. The van der Waals surface area contributed by atoms with Crippen molar-refractivity contribution in [3.8, 4) is 23.0 Å². The van der Waals surface area contributed by atoms with E-state index in [1.54, 1.807) is 36.4 Å². The fraction of sp³-hybridized carbons (Fsp3) is 0.491. The maximum Gasteiger partial charge on any atom is 0.347 e. The molecule has 2 aliphatic heterocycles. The number of hydrogen-bond donors (Lipinski definition) is 0. The number of rotatable bonds is 10. The highest BCUT2D eigenvalue weighted by Crippen LogP contribution is 2.70. The van der Waals surface area contributed by atoms with Crippen LogP contribution in [0.2, 0.25) is 0 Å². The third-order valence-corrected chi connectivity index (χ3v) is 17.0. The summed E-state index contributed by atoms with van der Waals surface area (Å²) in [6.07, 6.45) is 15.4. The van der Waals surface area contributed by atoms with Crippen LogP contribution in [-0.4, -0.2) is 23.9 Å². The van der Waals surface area contributed by atoms with Crippen molar-refractivity contribution in [1.82, 2.24) is 0 Å². The molecule has 0 amide bonds. The number of ether oxygens (including phenoxy) is 4. The number of fused-ring (bicyclic) bond motifs is 7.